The highest BCUT2D eigenvalue weighted by Crippen LogP contribution is 2.34. The number of esters is 1. The van der Waals surface area contributed by atoms with Crippen LogP contribution >= 0.6 is 0 Å². The molecule has 0 fully saturated rings. The zero-order chi connectivity index (χ0) is 24.7. The van der Waals surface area contributed by atoms with E-state index in [-0.39, 0.29) is 12.0 Å². The Morgan fingerprint density at radius 3 is 2.47 bits per heavy atom. The first kappa shape index (κ1) is 28.0. The fourth-order valence-corrected chi connectivity index (χ4v) is 3.19. The number of aliphatic hydroxyl groups excluding tert-OH is 2. The largest absolute Gasteiger partial charge is 0.452 e. The van der Waals surface area contributed by atoms with Gasteiger partial charge < -0.3 is 25.2 Å². The summed E-state index contributed by atoms with van der Waals surface area (Å²) >= 11 is 0. The molecule has 0 aromatic carbocycles. The molecule has 4 N–H and O–H groups in total. The van der Waals surface area contributed by atoms with Crippen LogP contribution in [0.5, 0.6) is 0 Å². The highest BCUT2D eigenvalue weighted by Gasteiger charge is 2.34. The first-order valence-electron chi connectivity index (χ1n) is 10.8. The predicted octanol–water partition coefficient (Wildman–Crippen LogP) is 2.54. The number of ether oxygens (including phenoxy) is 1. The molecule has 1 aliphatic rings. The van der Waals surface area contributed by atoms with Crippen LogP contribution in [-0.2, 0) is 14.3 Å². The molecule has 7 nitrogen and oxygen atoms in total. The molecular formula is C25H38O7. The van der Waals surface area contributed by atoms with Gasteiger partial charge in [-0.3, -0.25) is 4.79 Å². The van der Waals surface area contributed by atoms with Crippen molar-refractivity contribution in [3.05, 3.63) is 47.6 Å². The second-order valence-corrected chi connectivity index (χ2v) is 9.82. The summed E-state index contributed by atoms with van der Waals surface area (Å²) in [5, 5.41) is 40.9. The van der Waals surface area contributed by atoms with Gasteiger partial charge in [-0.25, -0.2) is 4.79 Å². The molecule has 0 aliphatic heterocycles. The van der Waals surface area contributed by atoms with Crippen LogP contribution in [0.4, 0.5) is 0 Å². The summed E-state index contributed by atoms with van der Waals surface area (Å²) in [6, 6.07) is 0. The van der Waals surface area contributed by atoms with E-state index in [1.54, 1.807) is 32.1 Å². The third-order valence-corrected chi connectivity index (χ3v) is 5.58. The predicted molar refractivity (Wildman–Crippen MR) is 123 cm³/mol. The molecule has 0 saturated heterocycles. The summed E-state index contributed by atoms with van der Waals surface area (Å²) in [5.74, 6) is -1.08. The standard InChI is InChI=1S/C25H38O7/c1-17(2)15-22(29)32-21-10-13-24(5,12-9-20(28)23(3,4)30)11-7-18(16-26)19(27)8-14-25(21,6)31/h7-8,10,13-15,20-21,26,28,30-31H,9,11-12,16H2,1-6H3/b13-10-,14-8-,18-7-/t20?,21-,24-,25-/m1/s1. The molecule has 32 heavy (non-hydrogen) atoms. The molecule has 0 bridgehead atoms. The van der Waals surface area contributed by atoms with E-state index in [1.807, 2.05) is 6.92 Å². The number of aliphatic hydroxyl groups is 4. The summed E-state index contributed by atoms with van der Waals surface area (Å²) in [6.45, 7) is 9.41. The van der Waals surface area contributed by atoms with Crippen molar-refractivity contribution in [2.24, 2.45) is 5.41 Å². The molecule has 0 aromatic rings. The lowest BCUT2D eigenvalue weighted by atomic mass is 9.78. The van der Waals surface area contributed by atoms with Gasteiger partial charge in [0.05, 0.1) is 18.3 Å². The van der Waals surface area contributed by atoms with Gasteiger partial charge in [-0.05, 0) is 77.5 Å². The van der Waals surface area contributed by atoms with Crippen molar-refractivity contribution in [1.29, 1.82) is 0 Å². The summed E-state index contributed by atoms with van der Waals surface area (Å²) in [7, 11) is 0. The number of hydrogen-bond donors (Lipinski definition) is 4. The lowest BCUT2D eigenvalue weighted by molar-refractivity contribution is -0.148. The number of rotatable bonds is 7. The van der Waals surface area contributed by atoms with E-state index in [2.05, 4.69) is 0 Å². The monoisotopic (exact) mass is 450 g/mol. The molecule has 1 rings (SSSR count). The SMILES string of the molecule is CC(C)=CC(=O)O[C@@H]1/C=C\[C@@](C)(CCC(O)C(C)(C)O)C/C=C(/CO)C(=O)/C=C\[C@@]1(C)O. The average molecular weight is 451 g/mol. The minimum atomic E-state index is -1.68. The van der Waals surface area contributed by atoms with Crippen molar-refractivity contribution >= 4 is 11.8 Å². The van der Waals surface area contributed by atoms with Crippen molar-refractivity contribution in [2.75, 3.05) is 6.61 Å². The van der Waals surface area contributed by atoms with Crippen LogP contribution in [0.25, 0.3) is 0 Å². The highest BCUT2D eigenvalue weighted by molar-refractivity contribution is 6.04. The second-order valence-electron chi connectivity index (χ2n) is 9.82. The number of carbonyl (C=O) groups excluding carboxylic acids is 2. The molecule has 180 valence electrons. The van der Waals surface area contributed by atoms with E-state index in [0.29, 0.717) is 12.8 Å². The van der Waals surface area contributed by atoms with Crippen molar-refractivity contribution in [3.63, 3.8) is 0 Å². The molecule has 0 radical (unpaired) electrons. The topological polar surface area (TPSA) is 124 Å². The number of ketones is 1. The van der Waals surface area contributed by atoms with Gasteiger partial charge in [-0.2, -0.15) is 0 Å². The van der Waals surface area contributed by atoms with Crippen LogP contribution in [0.3, 0.4) is 0 Å². The Bertz CT molecular complexity index is 792. The van der Waals surface area contributed by atoms with Gasteiger partial charge in [-0.1, -0.05) is 24.6 Å². The maximum atomic E-state index is 12.5. The lowest BCUT2D eigenvalue weighted by Crippen LogP contribution is -2.40. The smallest absolute Gasteiger partial charge is 0.331 e. The third-order valence-electron chi connectivity index (χ3n) is 5.58. The summed E-state index contributed by atoms with van der Waals surface area (Å²) < 4.78 is 5.48. The molecule has 1 aliphatic carbocycles. The fourth-order valence-electron chi connectivity index (χ4n) is 3.19. The minimum absolute atomic E-state index is 0.180. The van der Waals surface area contributed by atoms with Gasteiger partial charge in [0.15, 0.2) is 11.9 Å². The van der Waals surface area contributed by atoms with E-state index in [0.717, 1.165) is 5.57 Å². The molecular weight excluding hydrogens is 412 g/mol. The Labute approximate surface area is 190 Å². The molecule has 7 heteroatoms. The molecule has 0 spiro atoms. The Morgan fingerprint density at radius 1 is 1.31 bits per heavy atom. The van der Waals surface area contributed by atoms with E-state index in [1.165, 1.54) is 39.0 Å². The van der Waals surface area contributed by atoms with E-state index < -0.39 is 47.2 Å². The van der Waals surface area contributed by atoms with Gasteiger partial charge in [0, 0.05) is 11.6 Å². The summed E-state index contributed by atoms with van der Waals surface area (Å²) in [4.78, 5) is 24.7. The van der Waals surface area contributed by atoms with Gasteiger partial charge in [0.1, 0.15) is 5.60 Å². The zero-order valence-corrected chi connectivity index (χ0v) is 20.0. The first-order chi connectivity index (χ1) is 14.6. The Morgan fingerprint density at radius 2 is 1.94 bits per heavy atom. The normalized spacial score (nSPS) is 31.5. The fraction of sp³-hybridized carbons (Fsp3) is 0.600. The van der Waals surface area contributed by atoms with Crippen molar-refractivity contribution in [3.8, 4) is 0 Å². The molecule has 4 atom stereocenters. The van der Waals surface area contributed by atoms with Crippen molar-refractivity contribution in [1.82, 2.24) is 0 Å². The molecule has 0 heterocycles. The molecule has 0 saturated carbocycles. The van der Waals surface area contributed by atoms with Gasteiger partial charge in [0.25, 0.3) is 0 Å². The number of allylic oxidation sites excluding steroid dienone is 4. The highest BCUT2D eigenvalue weighted by atomic mass is 16.6. The summed E-state index contributed by atoms with van der Waals surface area (Å²) in [6.07, 6.45) is 7.75. The van der Waals surface area contributed by atoms with Crippen LogP contribution < -0.4 is 0 Å². The molecule has 0 amide bonds. The molecule has 1 unspecified atom stereocenters. The molecule has 0 aromatic heterocycles. The summed E-state index contributed by atoms with van der Waals surface area (Å²) in [5.41, 5.74) is -2.65. The van der Waals surface area contributed by atoms with Gasteiger partial charge >= 0.3 is 5.97 Å². The van der Waals surface area contributed by atoms with Crippen LogP contribution in [0.1, 0.15) is 60.8 Å². The van der Waals surface area contributed by atoms with Crippen LogP contribution in [0, 0.1) is 5.41 Å². The van der Waals surface area contributed by atoms with E-state index in [4.69, 9.17) is 4.74 Å². The Hall–Kier alpha value is -2.06. The van der Waals surface area contributed by atoms with Gasteiger partial charge in [0.2, 0.25) is 0 Å². The number of hydrogen-bond acceptors (Lipinski definition) is 7. The quantitative estimate of drug-likeness (QED) is 0.267. The van der Waals surface area contributed by atoms with Crippen molar-refractivity contribution < 1.29 is 34.8 Å². The Kier molecular flexibility index (Phi) is 9.78. The Balaban J connectivity index is 3.38. The zero-order valence-electron chi connectivity index (χ0n) is 20.0. The second kappa shape index (κ2) is 11.2. The van der Waals surface area contributed by atoms with Crippen LogP contribution in [-0.4, -0.2) is 62.2 Å². The number of carbonyl (C=O) groups is 2. The van der Waals surface area contributed by atoms with Gasteiger partial charge in [-0.15, -0.1) is 0 Å². The van der Waals surface area contributed by atoms with E-state index in [9.17, 15) is 30.0 Å². The lowest BCUT2D eigenvalue weighted by Gasteiger charge is -2.32. The first-order valence-corrected chi connectivity index (χ1v) is 10.8. The van der Waals surface area contributed by atoms with E-state index >= 15 is 0 Å². The third kappa shape index (κ3) is 8.82. The average Bonchev–Trinajstić information content (AvgIpc) is 2.67. The maximum absolute atomic E-state index is 12.5. The van der Waals surface area contributed by atoms with Crippen LogP contribution in [0.2, 0.25) is 0 Å². The maximum Gasteiger partial charge on any atom is 0.331 e. The van der Waals surface area contributed by atoms with Crippen LogP contribution in [0.15, 0.2) is 47.6 Å². The minimum Gasteiger partial charge on any atom is -0.452 e. The van der Waals surface area contributed by atoms with Crippen molar-refractivity contribution in [2.45, 2.75) is 84.2 Å².